The Labute approximate surface area is 127 Å². The fourth-order valence-corrected chi connectivity index (χ4v) is 2.58. The molecule has 1 aliphatic rings. The lowest BCUT2D eigenvalue weighted by Gasteiger charge is -2.16. The second-order valence-corrected chi connectivity index (χ2v) is 6.25. The molecule has 1 saturated heterocycles. The SMILES string of the molecule is CC(C)[C@H](N)C(=O)Nc1ccc(CCN2CCCC2)cc1. The van der Waals surface area contributed by atoms with E-state index in [2.05, 4.69) is 22.3 Å². The van der Waals surface area contributed by atoms with Crippen LogP contribution in [0.5, 0.6) is 0 Å². The molecular formula is C17H27N3O. The molecule has 21 heavy (non-hydrogen) atoms. The molecule has 1 aromatic rings. The van der Waals surface area contributed by atoms with Crippen LogP contribution in [-0.2, 0) is 11.2 Å². The number of nitrogens with zero attached hydrogens (tertiary/aromatic N) is 1. The van der Waals surface area contributed by atoms with E-state index in [1.165, 1.54) is 31.5 Å². The van der Waals surface area contributed by atoms with E-state index in [1.54, 1.807) is 0 Å². The van der Waals surface area contributed by atoms with E-state index in [0.717, 1.165) is 18.7 Å². The van der Waals surface area contributed by atoms with Gasteiger partial charge in [-0.3, -0.25) is 4.79 Å². The van der Waals surface area contributed by atoms with Crippen LogP contribution in [0.2, 0.25) is 0 Å². The van der Waals surface area contributed by atoms with Crippen LogP contribution >= 0.6 is 0 Å². The quantitative estimate of drug-likeness (QED) is 0.844. The zero-order valence-electron chi connectivity index (χ0n) is 13.1. The summed E-state index contributed by atoms with van der Waals surface area (Å²) in [5.74, 6) is 0.0274. The van der Waals surface area contributed by atoms with Crippen molar-refractivity contribution in [3.8, 4) is 0 Å². The first-order chi connectivity index (χ1) is 10.1. The molecule has 4 nitrogen and oxygen atoms in total. The van der Waals surface area contributed by atoms with Crippen molar-refractivity contribution >= 4 is 11.6 Å². The van der Waals surface area contributed by atoms with Gasteiger partial charge in [-0.15, -0.1) is 0 Å². The van der Waals surface area contributed by atoms with Crippen LogP contribution < -0.4 is 11.1 Å². The van der Waals surface area contributed by atoms with Crippen molar-refractivity contribution in [3.63, 3.8) is 0 Å². The standard InChI is InChI=1S/C17H27N3O/c1-13(2)16(18)17(21)19-15-7-5-14(6-8-15)9-12-20-10-3-4-11-20/h5-8,13,16H,3-4,9-12,18H2,1-2H3,(H,19,21)/t16-/m0/s1. The van der Waals surface area contributed by atoms with Gasteiger partial charge in [-0.05, 0) is 56.0 Å². The molecule has 0 aliphatic carbocycles. The molecule has 116 valence electrons. The molecular weight excluding hydrogens is 262 g/mol. The summed E-state index contributed by atoms with van der Waals surface area (Å²) in [5, 5.41) is 2.87. The van der Waals surface area contributed by atoms with Gasteiger partial charge in [0.05, 0.1) is 6.04 Å². The number of hydrogen-bond donors (Lipinski definition) is 2. The lowest BCUT2D eigenvalue weighted by molar-refractivity contribution is -0.118. The number of likely N-dealkylation sites (tertiary alicyclic amines) is 1. The maximum atomic E-state index is 11.9. The lowest BCUT2D eigenvalue weighted by atomic mass is 10.0. The number of rotatable bonds is 6. The molecule has 0 aromatic heterocycles. The fourth-order valence-electron chi connectivity index (χ4n) is 2.58. The van der Waals surface area contributed by atoms with E-state index in [4.69, 9.17) is 5.73 Å². The maximum absolute atomic E-state index is 11.9. The van der Waals surface area contributed by atoms with Crippen LogP contribution in [-0.4, -0.2) is 36.5 Å². The van der Waals surface area contributed by atoms with E-state index in [0.29, 0.717) is 0 Å². The van der Waals surface area contributed by atoms with Crippen LogP contribution in [0, 0.1) is 5.92 Å². The Bertz CT molecular complexity index is 450. The van der Waals surface area contributed by atoms with E-state index in [1.807, 2.05) is 26.0 Å². The van der Waals surface area contributed by atoms with Crippen molar-refractivity contribution in [2.75, 3.05) is 25.0 Å². The van der Waals surface area contributed by atoms with Gasteiger partial charge in [-0.2, -0.15) is 0 Å². The average molecular weight is 289 g/mol. The third-order valence-electron chi connectivity index (χ3n) is 4.16. The van der Waals surface area contributed by atoms with E-state index in [-0.39, 0.29) is 11.8 Å². The number of nitrogens with two attached hydrogens (primary N) is 1. The number of amides is 1. The van der Waals surface area contributed by atoms with Gasteiger partial charge in [0.2, 0.25) is 5.91 Å². The van der Waals surface area contributed by atoms with Gasteiger partial charge in [0, 0.05) is 12.2 Å². The van der Waals surface area contributed by atoms with Crippen LogP contribution in [0.15, 0.2) is 24.3 Å². The normalized spacial score (nSPS) is 17.1. The first-order valence-electron chi connectivity index (χ1n) is 7.94. The van der Waals surface area contributed by atoms with Crippen molar-refractivity contribution in [1.29, 1.82) is 0 Å². The summed E-state index contributed by atoms with van der Waals surface area (Å²) in [5.41, 5.74) is 7.97. The molecule has 3 N–H and O–H groups in total. The number of nitrogens with one attached hydrogen (secondary N) is 1. The second-order valence-electron chi connectivity index (χ2n) is 6.25. The van der Waals surface area contributed by atoms with Crippen LogP contribution in [0.4, 0.5) is 5.69 Å². The predicted molar refractivity (Wildman–Crippen MR) is 87.3 cm³/mol. The Morgan fingerprint density at radius 1 is 1.24 bits per heavy atom. The summed E-state index contributed by atoms with van der Waals surface area (Å²) in [6.45, 7) is 7.50. The Balaban J connectivity index is 1.82. The van der Waals surface area contributed by atoms with Crippen molar-refractivity contribution in [3.05, 3.63) is 29.8 Å². The van der Waals surface area contributed by atoms with Gasteiger partial charge < -0.3 is 16.0 Å². The van der Waals surface area contributed by atoms with Gasteiger partial charge in [0.1, 0.15) is 0 Å². The Kier molecular flexibility index (Phi) is 5.76. The van der Waals surface area contributed by atoms with E-state index in [9.17, 15) is 4.79 Å². The topological polar surface area (TPSA) is 58.4 Å². The molecule has 1 heterocycles. The average Bonchev–Trinajstić information content (AvgIpc) is 2.99. The molecule has 0 unspecified atom stereocenters. The predicted octanol–water partition coefficient (Wildman–Crippen LogP) is 2.25. The minimum atomic E-state index is -0.458. The monoisotopic (exact) mass is 289 g/mol. The number of anilines is 1. The van der Waals surface area contributed by atoms with Gasteiger partial charge in [-0.1, -0.05) is 26.0 Å². The molecule has 0 bridgehead atoms. The van der Waals surface area contributed by atoms with E-state index < -0.39 is 6.04 Å². The van der Waals surface area contributed by atoms with Crippen LogP contribution in [0.25, 0.3) is 0 Å². The molecule has 1 fully saturated rings. The van der Waals surface area contributed by atoms with Crippen molar-refractivity contribution in [2.45, 2.75) is 39.2 Å². The maximum Gasteiger partial charge on any atom is 0.241 e. The smallest absolute Gasteiger partial charge is 0.241 e. The molecule has 0 saturated carbocycles. The Hall–Kier alpha value is -1.39. The zero-order chi connectivity index (χ0) is 15.2. The Morgan fingerprint density at radius 3 is 2.43 bits per heavy atom. The number of benzene rings is 1. The summed E-state index contributed by atoms with van der Waals surface area (Å²) in [6, 6.07) is 7.65. The first-order valence-corrected chi connectivity index (χ1v) is 7.94. The molecule has 1 aliphatic heterocycles. The summed E-state index contributed by atoms with van der Waals surface area (Å²) in [7, 11) is 0. The van der Waals surface area contributed by atoms with Gasteiger partial charge >= 0.3 is 0 Å². The van der Waals surface area contributed by atoms with Crippen LogP contribution in [0.3, 0.4) is 0 Å². The lowest BCUT2D eigenvalue weighted by Crippen LogP contribution is -2.39. The molecule has 1 amide bonds. The fraction of sp³-hybridized carbons (Fsp3) is 0.588. The van der Waals surface area contributed by atoms with Crippen molar-refractivity contribution in [1.82, 2.24) is 4.90 Å². The second kappa shape index (κ2) is 7.57. The molecule has 0 spiro atoms. The summed E-state index contributed by atoms with van der Waals surface area (Å²) in [4.78, 5) is 14.4. The summed E-state index contributed by atoms with van der Waals surface area (Å²) in [6.07, 6.45) is 3.74. The highest BCUT2D eigenvalue weighted by atomic mass is 16.2. The highest BCUT2D eigenvalue weighted by Crippen LogP contribution is 2.13. The minimum Gasteiger partial charge on any atom is -0.325 e. The molecule has 2 rings (SSSR count). The molecule has 4 heteroatoms. The van der Waals surface area contributed by atoms with E-state index >= 15 is 0 Å². The zero-order valence-corrected chi connectivity index (χ0v) is 13.1. The number of carbonyl (C=O) groups excluding carboxylic acids is 1. The minimum absolute atomic E-state index is 0.116. The number of hydrogen-bond acceptors (Lipinski definition) is 3. The third kappa shape index (κ3) is 4.83. The van der Waals surface area contributed by atoms with Crippen molar-refractivity contribution in [2.24, 2.45) is 11.7 Å². The highest BCUT2D eigenvalue weighted by Gasteiger charge is 2.17. The summed E-state index contributed by atoms with van der Waals surface area (Å²) < 4.78 is 0. The van der Waals surface area contributed by atoms with Crippen LogP contribution in [0.1, 0.15) is 32.3 Å². The molecule has 1 aromatic carbocycles. The van der Waals surface area contributed by atoms with Gasteiger partial charge in [0.15, 0.2) is 0 Å². The first kappa shape index (κ1) is 16.0. The third-order valence-corrected chi connectivity index (χ3v) is 4.16. The van der Waals surface area contributed by atoms with Gasteiger partial charge in [0.25, 0.3) is 0 Å². The van der Waals surface area contributed by atoms with Crippen molar-refractivity contribution < 1.29 is 4.79 Å². The Morgan fingerprint density at radius 2 is 1.86 bits per heavy atom. The highest BCUT2D eigenvalue weighted by molar-refractivity contribution is 5.94. The number of carbonyl (C=O) groups is 1. The summed E-state index contributed by atoms with van der Waals surface area (Å²) >= 11 is 0. The molecule has 0 radical (unpaired) electrons. The van der Waals surface area contributed by atoms with Gasteiger partial charge in [-0.25, -0.2) is 0 Å². The molecule has 1 atom stereocenters. The largest absolute Gasteiger partial charge is 0.325 e.